The van der Waals surface area contributed by atoms with E-state index in [1.807, 2.05) is 36.4 Å². The maximum absolute atomic E-state index is 10.6. The lowest BCUT2D eigenvalue weighted by Gasteiger charge is -2.16. The van der Waals surface area contributed by atoms with E-state index in [2.05, 4.69) is 22.0 Å². The molecule has 0 amide bonds. The first-order chi connectivity index (χ1) is 9.25. The first-order valence-electron chi connectivity index (χ1n) is 6.83. The normalized spacial score (nSPS) is 15.8. The van der Waals surface area contributed by atoms with Crippen molar-refractivity contribution in [1.82, 2.24) is 0 Å². The molecule has 0 saturated heterocycles. The highest BCUT2D eigenvalue weighted by Crippen LogP contribution is 2.44. The summed E-state index contributed by atoms with van der Waals surface area (Å²) in [6.07, 6.45) is 4.94. The lowest BCUT2D eigenvalue weighted by Crippen LogP contribution is -1.95. The van der Waals surface area contributed by atoms with Crippen molar-refractivity contribution in [2.24, 2.45) is 0 Å². The fourth-order valence-corrected chi connectivity index (χ4v) is 3.48. The summed E-state index contributed by atoms with van der Waals surface area (Å²) in [4.78, 5) is 0. The third-order valence-corrected chi connectivity index (χ3v) is 4.44. The number of hydrogen-bond acceptors (Lipinski definition) is 1. The molecule has 1 fully saturated rings. The van der Waals surface area contributed by atoms with E-state index in [4.69, 9.17) is 0 Å². The van der Waals surface area contributed by atoms with Gasteiger partial charge in [0, 0.05) is 10.0 Å². The summed E-state index contributed by atoms with van der Waals surface area (Å²) in [7, 11) is 0. The van der Waals surface area contributed by atoms with Crippen molar-refractivity contribution in [3.63, 3.8) is 0 Å². The first kappa shape index (κ1) is 12.7. The Morgan fingerprint density at radius 1 is 1.00 bits per heavy atom. The zero-order valence-electron chi connectivity index (χ0n) is 10.8. The Morgan fingerprint density at radius 2 is 1.68 bits per heavy atom. The molecule has 3 rings (SSSR count). The molecule has 0 spiro atoms. The second-order valence-corrected chi connectivity index (χ2v) is 6.15. The Balaban J connectivity index is 2.10. The molecule has 19 heavy (non-hydrogen) atoms. The Morgan fingerprint density at radius 3 is 2.37 bits per heavy atom. The Bertz CT molecular complexity index is 571. The minimum atomic E-state index is 0.460. The van der Waals surface area contributed by atoms with Gasteiger partial charge in [0.2, 0.25) is 0 Å². The fraction of sp³-hybridized carbons (Fsp3) is 0.294. The average molecular weight is 317 g/mol. The summed E-state index contributed by atoms with van der Waals surface area (Å²) in [5.74, 6) is 0.973. The van der Waals surface area contributed by atoms with E-state index in [1.54, 1.807) is 0 Å². The molecule has 0 aromatic heterocycles. The topological polar surface area (TPSA) is 20.2 Å². The first-order valence-corrected chi connectivity index (χ1v) is 7.63. The van der Waals surface area contributed by atoms with E-state index in [-0.39, 0.29) is 0 Å². The standard InChI is InChI=1S/C17H17BrO/c18-14-10-15(12-6-2-1-3-7-12)17(19)16(11-14)13-8-4-5-9-13/h1-3,6-7,10-11,13,19H,4-5,8-9H2. The molecule has 2 heteroatoms. The zero-order chi connectivity index (χ0) is 13.2. The van der Waals surface area contributed by atoms with Crippen molar-refractivity contribution in [3.8, 4) is 16.9 Å². The summed E-state index contributed by atoms with van der Waals surface area (Å²) in [6.45, 7) is 0. The van der Waals surface area contributed by atoms with Crippen LogP contribution in [0.15, 0.2) is 46.9 Å². The van der Waals surface area contributed by atoms with Gasteiger partial charge in [0.05, 0.1) is 0 Å². The van der Waals surface area contributed by atoms with Crippen LogP contribution in [0.3, 0.4) is 0 Å². The molecule has 1 nitrogen and oxygen atoms in total. The predicted octanol–water partition coefficient (Wildman–Crippen LogP) is 5.48. The van der Waals surface area contributed by atoms with Crippen LogP contribution < -0.4 is 0 Å². The van der Waals surface area contributed by atoms with E-state index >= 15 is 0 Å². The molecule has 98 valence electrons. The van der Waals surface area contributed by atoms with Crippen LogP contribution in [-0.2, 0) is 0 Å². The minimum absolute atomic E-state index is 0.460. The van der Waals surface area contributed by atoms with Gasteiger partial charge in [0.25, 0.3) is 0 Å². The minimum Gasteiger partial charge on any atom is -0.507 e. The number of hydrogen-bond donors (Lipinski definition) is 1. The molecule has 0 unspecified atom stereocenters. The molecule has 0 radical (unpaired) electrons. The highest BCUT2D eigenvalue weighted by molar-refractivity contribution is 9.10. The van der Waals surface area contributed by atoms with Gasteiger partial charge in [0.1, 0.15) is 5.75 Å². The van der Waals surface area contributed by atoms with Crippen molar-refractivity contribution in [1.29, 1.82) is 0 Å². The molecule has 1 saturated carbocycles. The van der Waals surface area contributed by atoms with Crippen LogP contribution >= 0.6 is 15.9 Å². The maximum Gasteiger partial charge on any atom is 0.126 e. The summed E-state index contributed by atoms with van der Waals surface area (Å²) >= 11 is 3.58. The zero-order valence-corrected chi connectivity index (χ0v) is 12.4. The van der Waals surface area contributed by atoms with Gasteiger partial charge in [-0.25, -0.2) is 0 Å². The van der Waals surface area contributed by atoms with Crippen molar-refractivity contribution in [3.05, 3.63) is 52.5 Å². The molecular weight excluding hydrogens is 300 g/mol. The quantitative estimate of drug-likeness (QED) is 0.777. The van der Waals surface area contributed by atoms with Crippen LogP contribution in [0.2, 0.25) is 0 Å². The summed E-state index contributed by atoms with van der Waals surface area (Å²) in [6, 6.07) is 14.2. The van der Waals surface area contributed by atoms with Gasteiger partial charge in [-0.05, 0) is 42.0 Å². The molecule has 1 aliphatic carbocycles. The van der Waals surface area contributed by atoms with Gasteiger partial charge >= 0.3 is 0 Å². The van der Waals surface area contributed by atoms with Crippen LogP contribution in [0.5, 0.6) is 5.75 Å². The molecule has 2 aromatic carbocycles. The van der Waals surface area contributed by atoms with Crippen LogP contribution in [0.1, 0.15) is 37.2 Å². The smallest absolute Gasteiger partial charge is 0.126 e. The SMILES string of the molecule is Oc1c(-c2ccccc2)cc(Br)cc1C1CCCC1. The van der Waals surface area contributed by atoms with Gasteiger partial charge in [-0.15, -0.1) is 0 Å². The van der Waals surface area contributed by atoms with Gasteiger partial charge in [-0.2, -0.15) is 0 Å². The maximum atomic E-state index is 10.6. The summed E-state index contributed by atoms with van der Waals surface area (Å²) in [5, 5.41) is 10.6. The monoisotopic (exact) mass is 316 g/mol. The fourth-order valence-electron chi connectivity index (χ4n) is 3.01. The van der Waals surface area contributed by atoms with Gasteiger partial charge in [-0.3, -0.25) is 0 Å². The Hall–Kier alpha value is -1.28. The predicted molar refractivity (Wildman–Crippen MR) is 82.5 cm³/mol. The lowest BCUT2D eigenvalue weighted by atomic mass is 9.92. The van der Waals surface area contributed by atoms with Gasteiger partial charge in [0.15, 0.2) is 0 Å². The van der Waals surface area contributed by atoms with Gasteiger partial charge in [-0.1, -0.05) is 59.1 Å². The number of phenols is 1. The highest BCUT2D eigenvalue weighted by atomic mass is 79.9. The van der Waals surface area contributed by atoms with E-state index in [1.165, 1.54) is 25.7 Å². The summed E-state index contributed by atoms with van der Waals surface area (Å²) in [5.41, 5.74) is 3.10. The van der Waals surface area contributed by atoms with Crippen molar-refractivity contribution < 1.29 is 5.11 Å². The molecule has 0 atom stereocenters. The van der Waals surface area contributed by atoms with Crippen LogP contribution in [-0.4, -0.2) is 5.11 Å². The van der Waals surface area contributed by atoms with E-state index in [9.17, 15) is 5.11 Å². The van der Waals surface area contributed by atoms with Crippen molar-refractivity contribution >= 4 is 15.9 Å². The number of aromatic hydroxyl groups is 1. The third kappa shape index (κ3) is 2.55. The average Bonchev–Trinajstić information content (AvgIpc) is 2.96. The second kappa shape index (κ2) is 5.38. The molecular formula is C17H17BrO. The number of phenolic OH excluding ortho intramolecular Hbond substituents is 1. The molecule has 1 N–H and O–H groups in total. The van der Waals surface area contributed by atoms with Crippen LogP contribution in [0.25, 0.3) is 11.1 Å². The van der Waals surface area contributed by atoms with Crippen molar-refractivity contribution in [2.75, 3.05) is 0 Å². The number of benzene rings is 2. The largest absolute Gasteiger partial charge is 0.507 e. The molecule has 2 aromatic rings. The number of halogens is 1. The number of rotatable bonds is 2. The van der Waals surface area contributed by atoms with E-state index in [0.29, 0.717) is 11.7 Å². The Labute approximate surface area is 122 Å². The molecule has 0 bridgehead atoms. The third-order valence-electron chi connectivity index (χ3n) is 3.98. The van der Waals surface area contributed by atoms with Gasteiger partial charge < -0.3 is 5.11 Å². The van der Waals surface area contributed by atoms with Crippen molar-refractivity contribution in [2.45, 2.75) is 31.6 Å². The molecule has 0 aliphatic heterocycles. The van der Waals surface area contributed by atoms with E-state index in [0.717, 1.165) is 21.2 Å². The van der Waals surface area contributed by atoms with E-state index < -0.39 is 0 Å². The molecule has 0 heterocycles. The summed E-state index contributed by atoms with van der Waals surface area (Å²) < 4.78 is 1.05. The van der Waals surface area contributed by atoms with Crippen LogP contribution in [0.4, 0.5) is 0 Å². The second-order valence-electron chi connectivity index (χ2n) is 5.24. The molecule has 1 aliphatic rings. The lowest BCUT2D eigenvalue weighted by molar-refractivity contribution is 0.463. The highest BCUT2D eigenvalue weighted by Gasteiger charge is 2.22. The Kier molecular flexibility index (Phi) is 3.61. The van der Waals surface area contributed by atoms with Crippen LogP contribution in [0, 0.1) is 0 Å².